The second-order valence-electron chi connectivity index (χ2n) is 3.23. The Kier molecular flexibility index (Phi) is 3.87. The summed E-state index contributed by atoms with van der Waals surface area (Å²) in [5.74, 6) is 0. The molecule has 0 spiro atoms. The molecule has 0 aliphatic carbocycles. The molecule has 0 saturated carbocycles. The van der Waals surface area contributed by atoms with Gasteiger partial charge in [0, 0.05) is 6.61 Å². The third kappa shape index (κ3) is 2.80. The molecule has 2 atom stereocenters. The number of hydrogen-bond acceptors (Lipinski definition) is 2. The summed E-state index contributed by atoms with van der Waals surface area (Å²) < 4.78 is 5.72. The van der Waals surface area contributed by atoms with Gasteiger partial charge in [0.05, 0.1) is 12.2 Å². The minimum Gasteiger partial charge on any atom is -0.396 e. The molecule has 11 heavy (non-hydrogen) atoms. The normalized spacial score (nSPS) is 32.2. The maximum Gasteiger partial charge on any atom is 0.0600 e. The van der Waals surface area contributed by atoms with Crippen LogP contribution in [0.1, 0.15) is 39.0 Å². The van der Waals surface area contributed by atoms with Crippen molar-refractivity contribution >= 4 is 0 Å². The summed E-state index contributed by atoms with van der Waals surface area (Å²) in [5.41, 5.74) is 0. The van der Waals surface area contributed by atoms with Crippen LogP contribution in [0.4, 0.5) is 0 Å². The second kappa shape index (κ2) is 4.73. The topological polar surface area (TPSA) is 29.5 Å². The fraction of sp³-hybridized carbons (Fsp3) is 1.00. The molecule has 1 aliphatic rings. The largest absolute Gasteiger partial charge is 0.396 e. The van der Waals surface area contributed by atoms with Gasteiger partial charge in [-0.1, -0.05) is 6.92 Å². The highest BCUT2D eigenvalue weighted by Crippen LogP contribution is 2.22. The van der Waals surface area contributed by atoms with Crippen LogP contribution >= 0.6 is 0 Å². The molecule has 2 heteroatoms. The lowest BCUT2D eigenvalue weighted by molar-refractivity contribution is -0.0592. The molecular weight excluding hydrogens is 140 g/mol. The number of hydrogen-bond donors (Lipinski definition) is 1. The zero-order valence-corrected chi connectivity index (χ0v) is 7.25. The Morgan fingerprint density at radius 2 is 2.09 bits per heavy atom. The molecular formula is C9H18O2. The fourth-order valence-electron chi connectivity index (χ4n) is 1.64. The summed E-state index contributed by atoms with van der Waals surface area (Å²) >= 11 is 0. The minimum absolute atomic E-state index is 0.265. The van der Waals surface area contributed by atoms with Crippen LogP contribution in [0.5, 0.6) is 0 Å². The van der Waals surface area contributed by atoms with Gasteiger partial charge in [-0.15, -0.1) is 0 Å². The molecule has 1 heterocycles. The maximum absolute atomic E-state index is 8.70. The first kappa shape index (κ1) is 9.01. The molecule has 0 aromatic rings. The Labute approximate surface area is 68.6 Å². The van der Waals surface area contributed by atoms with Crippen LogP contribution in [-0.4, -0.2) is 23.9 Å². The van der Waals surface area contributed by atoms with Crippen molar-refractivity contribution in [2.45, 2.75) is 51.2 Å². The van der Waals surface area contributed by atoms with Gasteiger partial charge < -0.3 is 9.84 Å². The molecule has 1 saturated heterocycles. The van der Waals surface area contributed by atoms with Crippen LogP contribution in [0.3, 0.4) is 0 Å². The predicted molar refractivity (Wildman–Crippen MR) is 44.5 cm³/mol. The second-order valence-corrected chi connectivity index (χ2v) is 3.23. The summed E-state index contributed by atoms with van der Waals surface area (Å²) in [6.45, 7) is 2.42. The lowest BCUT2D eigenvalue weighted by Crippen LogP contribution is -2.27. The van der Waals surface area contributed by atoms with Crippen molar-refractivity contribution in [1.82, 2.24) is 0 Å². The molecule has 1 fully saturated rings. The van der Waals surface area contributed by atoms with Gasteiger partial charge in [0.1, 0.15) is 0 Å². The van der Waals surface area contributed by atoms with E-state index in [9.17, 15) is 0 Å². The highest BCUT2D eigenvalue weighted by Gasteiger charge is 2.19. The highest BCUT2D eigenvalue weighted by molar-refractivity contribution is 4.69. The molecule has 1 rings (SSSR count). The molecule has 2 nitrogen and oxygen atoms in total. The summed E-state index contributed by atoms with van der Waals surface area (Å²) in [6, 6.07) is 0. The molecule has 0 amide bonds. The summed E-state index contributed by atoms with van der Waals surface area (Å²) in [7, 11) is 0. The first-order valence-electron chi connectivity index (χ1n) is 4.63. The molecule has 1 aliphatic heterocycles. The standard InChI is InChI=1S/C9H18O2/c1-2-8-4-3-5-9(11-8)6-7-10/h8-10H,2-7H2,1H3/t8-,9?/m0/s1. The number of aliphatic hydroxyl groups excluding tert-OH is 1. The molecule has 0 radical (unpaired) electrons. The quantitative estimate of drug-likeness (QED) is 0.677. The van der Waals surface area contributed by atoms with E-state index in [1.165, 1.54) is 12.8 Å². The zero-order chi connectivity index (χ0) is 8.10. The van der Waals surface area contributed by atoms with Gasteiger partial charge in [-0.2, -0.15) is 0 Å². The summed E-state index contributed by atoms with van der Waals surface area (Å²) in [6.07, 6.45) is 6.33. The lowest BCUT2D eigenvalue weighted by Gasteiger charge is -2.28. The van der Waals surface area contributed by atoms with E-state index in [1.807, 2.05) is 0 Å². The average molecular weight is 158 g/mol. The fourth-order valence-corrected chi connectivity index (χ4v) is 1.64. The Morgan fingerprint density at radius 1 is 1.36 bits per heavy atom. The maximum atomic E-state index is 8.70. The lowest BCUT2D eigenvalue weighted by atomic mass is 10.0. The molecule has 1 N–H and O–H groups in total. The first-order valence-corrected chi connectivity index (χ1v) is 4.63. The van der Waals surface area contributed by atoms with Crippen LogP contribution in [-0.2, 0) is 4.74 Å². The average Bonchev–Trinajstić information content (AvgIpc) is 2.06. The third-order valence-corrected chi connectivity index (χ3v) is 2.34. The van der Waals surface area contributed by atoms with Crippen molar-refractivity contribution in [3.8, 4) is 0 Å². The van der Waals surface area contributed by atoms with Gasteiger partial charge in [-0.05, 0) is 32.1 Å². The van der Waals surface area contributed by atoms with Gasteiger partial charge in [0.15, 0.2) is 0 Å². The van der Waals surface area contributed by atoms with Crippen LogP contribution < -0.4 is 0 Å². The minimum atomic E-state index is 0.265. The Bertz CT molecular complexity index is 102. The van der Waals surface area contributed by atoms with E-state index in [2.05, 4.69) is 6.92 Å². The van der Waals surface area contributed by atoms with E-state index in [-0.39, 0.29) is 6.61 Å². The van der Waals surface area contributed by atoms with Crippen molar-refractivity contribution in [1.29, 1.82) is 0 Å². The van der Waals surface area contributed by atoms with Crippen molar-refractivity contribution in [3.05, 3.63) is 0 Å². The molecule has 1 unspecified atom stereocenters. The van der Waals surface area contributed by atoms with E-state index in [0.717, 1.165) is 19.3 Å². The third-order valence-electron chi connectivity index (χ3n) is 2.34. The van der Waals surface area contributed by atoms with Crippen molar-refractivity contribution in [3.63, 3.8) is 0 Å². The molecule has 0 bridgehead atoms. The van der Waals surface area contributed by atoms with Crippen molar-refractivity contribution in [2.75, 3.05) is 6.61 Å². The summed E-state index contributed by atoms with van der Waals surface area (Å²) in [4.78, 5) is 0. The molecule has 0 aromatic carbocycles. The predicted octanol–water partition coefficient (Wildman–Crippen LogP) is 1.72. The van der Waals surface area contributed by atoms with E-state index in [4.69, 9.17) is 9.84 Å². The van der Waals surface area contributed by atoms with E-state index in [1.54, 1.807) is 0 Å². The Morgan fingerprint density at radius 3 is 2.73 bits per heavy atom. The number of ether oxygens (including phenoxy) is 1. The van der Waals surface area contributed by atoms with Gasteiger partial charge in [-0.25, -0.2) is 0 Å². The van der Waals surface area contributed by atoms with E-state index in [0.29, 0.717) is 12.2 Å². The van der Waals surface area contributed by atoms with Gasteiger partial charge in [-0.3, -0.25) is 0 Å². The SMILES string of the molecule is CC[C@H]1CCCC(CCO)O1. The molecule has 66 valence electrons. The smallest absolute Gasteiger partial charge is 0.0600 e. The van der Waals surface area contributed by atoms with Crippen LogP contribution in [0.25, 0.3) is 0 Å². The van der Waals surface area contributed by atoms with Gasteiger partial charge in [0.2, 0.25) is 0 Å². The first-order chi connectivity index (χ1) is 5.36. The number of aliphatic hydroxyl groups is 1. The van der Waals surface area contributed by atoms with E-state index < -0.39 is 0 Å². The van der Waals surface area contributed by atoms with Gasteiger partial charge >= 0.3 is 0 Å². The Balaban J connectivity index is 2.21. The monoisotopic (exact) mass is 158 g/mol. The van der Waals surface area contributed by atoms with Crippen LogP contribution in [0.15, 0.2) is 0 Å². The van der Waals surface area contributed by atoms with Crippen molar-refractivity contribution < 1.29 is 9.84 Å². The van der Waals surface area contributed by atoms with Crippen LogP contribution in [0.2, 0.25) is 0 Å². The van der Waals surface area contributed by atoms with E-state index >= 15 is 0 Å². The van der Waals surface area contributed by atoms with Crippen molar-refractivity contribution in [2.24, 2.45) is 0 Å². The molecule has 0 aromatic heterocycles. The summed E-state index contributed by atoms with van der Waals surface area (Å²) in [5, 5.41) is 8.70. The zero-order valence-electron chi connectivity index (χ0n) is 7.25. The highest BCUT2D eigenvalue weighted by atomic mass is 16.5. The van der Waals surface area contributed by atoms with Crippen LogP contribution in [0, 0.1) is 0 Å². The van der Waals surface area contributed by atoms with Gasteiger partial charge in [0.25, 0.3) is 0 Å². The Hall–Kier alpha value is -0.0800. The number of rotatable bonds is 3.